The quantitative estimate of drug-likeness (QED) is 0.554. The number of ether oxygens (including phenoxy) is 3. The van der Waals surface area contributed by atoms with Crippen molar-refractivity contribution >= 4 is 23.2 Å². The van der Waals surface area contributed by atoms with Gasteiger partial charge in [0.05, 0.1) is 30.0 Å². The first-order valence-electron chi connectivity index (χ1n) is 6.95. The van der Waals surface area contributed by atoms with E-state index >= 15 is 0 Å². The Morgan fingerprint density at radius 2 is 1.86 bits per heavy atom. The maximum atomic E-state index is 12.7. The van der Waals surface area contributed by atoms with Crippen LogP contribution in [0.1, 0.15) is 16.8 Å². The summed E-state index contributed by atoms with van der Waals surface area (Å²) >= 11 is 6.03. The molecule has 0 saturated carbocycles. The van der Waals surface area contributed by atoms with E-state index in [2.05, 4.69) is 0 Å². The molecule has 0 spiro atoms. The van der Waals surface area contributed by atoms with Gasteiger partial charge in [0.1, 0.15) is 5.75 Å². The molecule has 1 rings (SSSR count). The molecule has 0 saturated heterocycles. The van der Waals surface area contributed by atoms with E-state index in [4.69, 9.17) is 31.5 Å². The van der Waals surface area contributed by atoms with E-state index in [0.717, 1.165) is 6.42 Å². The summed E-state index contributed by atoms with van der Waals surface area (Å²) in [6.07, 6.45) is 0.733. The molecule has 124 valence electrons. The molecule has 0 fully saturated rings. The van der Waals surface area contributed by atoms with Gasteiger partial charge in [0.25, 0.3) is 5.91 Å². The Morgan fingerprint density at radius 1 is 1.18 bits per heavy atom. The Labute approximate surface area is 136 Å². The van der Waals surface area contributed by atoms with Gasteiger partial charge < -0.3 is 24.8 Å². The van der Waals surface area contributed by atoms with Gasteiger partial charge in [-0.1, -0.05) is 11.6 Å². The zero-order valence-corrected chi connectivity index (χ0v) is 14.0. The number of benzene rings is 1. The minimum Gasteiger partial charge on any atom is -0.496 e. The van der Waals surface area contributed by atoms with Crippen LogP contribution in [0.2, 0.25) is 5.02 Å². The summed E-state index contributed by atoms with van der Waals surface area (Å²) in [7, 11) is 4.71. The third-order valence-corrected chi connectivity index (χ3v) is 3.51. The van der Waals surface area contributed by atoms with Gasteiger partial charge in [-0.3, -0.25) is 4.79 Å². The molecule has 0 radical (unpaired) electrons. The van der Waals surface area contributed by atoms with Crippen LogP contribution in [0.4, 0.5) is 5.69 Å². The third kappa shape index (κ3) is 5.05. The molecule has 0 aliphatic rings. The molecular weight excluding hydrogens is 308 g/mol. The van der Waals surface area contributed by atoms with Gasteiger partial charge in [0.15, 0.2) is 0 Å². The fraction of sp³-hybridized carbons (Fsp3) is 0.533. The first kappa shape index (κ1) is 18.5. The van der Waals surface area contributed by atoms with Crippen molar-refractivity contribution in [3.8, 4) is 5.75 Å². The molecule has 0 aromatic heterocycles. The molecular formula is C15H23ClN2O4. The SMILES string of the molecule is COCCCN(CCOC)C(=O)c1cc(Cl)c(N)cc1OC. The van der Waals surface area contributed by atoms with E-state index in [-0.39, 0.29) is 5.91 Å². The number of anilines is 1. The summed E-state index contributed by atoms with van der Waals surface area (Å²) in [5.74, 6) is 0.230. The second-order valence-electron chi connectivity index (χ2n) is 4.71. The highest BCUT2D eigenvalue weighted by molar-refractivity contribution is 6.33. The zero-order chi connectivity index (χ0) is 16.5. The fourth-order valence-corrected chi connectivity index (χ4v) is 2.16. The number of halogens is 1. The normalized spacial score (nSPS) is 10.5. The second kappa shape index (κ2) is 9.50. The summed E-state index contributed by atoms with van der Waals surface area (Å²) in [6.45, 7) is 2.06. The summed E-state index contributed by atoms with van der Waals surface area (Å²) in [6, 6.07) is 3.09. The van der Waals surface area contributed by atoms with Crippen LogP contribution in [0.25, 0.3) is 0 Å². The number of nitrogens with zero attached hydrogens (tertiary/aromatic N) is 1. The molecule has 0 bridgehead atoms. The largest absolute Gasteiger partial charge is 0.496 e. The number of methoxy groups -OCH3 is 3. The number of nitrogens with two attached hydrogens (primary N) is 1. The van der Waals surface area contributed by atoms with E-state index in [1.807, 2.05) is 0 Å². The van der Waals surface area contributed by atoms with Crippen LogP contribution in [0, 0.1) is 0 Å². The predicted octanol–water partition coefficient (Wildman–Crippen LogP) is 2.06. The van der Waals surface area contributed by atoms with Crippen molar-refractivity contribution in [3.63, 3.8) is 0 Å². The second-order valence-corrected chi connectivity index (χ2v) is 5.11. The standard InChI is InChI=1S/C15H23ClN2O4/c1-20-7-4-5-18(6-8-21-2)15(19)11-9-12(16)13(17)10-14(11)22-3/h9-10H,4-8,17H2,1-3H3. The average Bonchev–Trinajstić information content (AvgIpc) is 2.52. The van der Waals surface area contributed by atoms with Gasteiger partial charge in [0.2, 0.25) is 0 Å². The van der Waals surface area contributed by atoms with Crippen LogP contribution in [0.3, 0.4) is 0 Å². The molecule has 0 aliphatic carbocycles. The van der Waals surface area contributed by atoms with Crippen molar-refractivity contribution < 1.29 is 19.0 Å². The molecule has 7 heteroatoms. The number of carbonyl (C=O) groups is 1. The Morgan fingerprint density at radius 3 is 2.45 bits per heavy atom. The van der Waals surface area contributed by atoms with Crippen LogP contribution < -0.4 is 10.5 Å². The number of nitrogen functional groups attached to an aromatic ring is 1. The van der Waals surface area contributed by atoms with E-state index in [1.54, 1.807) is 25.2 Å². The lowest BCUT2D eigenvalue weighted by atomic mass is 10.1. The smallest absolute Gasteiger partial charge is 0.257 e. The molecule has 0 unspecified atom stereocenters. The fourth-order valence-electron chi connectivity index (χ4n) is 1.99. The lowest BCUT2D eigenvalue weighted by molar-refractivity contribution is 0.0671. The summed E-state index contributed by atoms with van der Waals surface area (Å²) in [4.78, 5) is 14.4. The molecule has 2 N–H and O–H groups in total. The summed E-state index contributed by atoms with van der Waals surface area (Å²) in [5.41, 5.74) is 6.50. The van der Waals surface area contributed by atoms with Crippen molar-refractivity contribution in [3.05, 3.63) is 22.7 Å². The molecule has 1 aromatic carbocycles. The minimum absolute atomic E-state index is 0.174. The number of amides is 1. The van der Waals surface area contributed by atoms with Crippen molar-refractivity contribution in [2.24, 2.45) is 0 Å². The predicted molar refractivity (Wildman–Crippen MR) is 86.7 cm³/mol. The van der Waals surface area contributed by atoms with Gasteiger partial charge in [-0.15, -0.1) is 0 Å². The third-order valence-electron chi connectivity index (χ3n) is 3.18. The Balaban J connectivity index is 2.98. The maximum Gasteiger partial charge on any atom is 0.257 e. The molecule has 1 amide bonds. The topological polar surface area (TPSA) is 74.0 Å². The Hall–Kier alpha value is -1.50. The summed E-state index contributed by atoms with van der Waals surface area (Å²) in [5, 5.41) is 0.327. The van der Waals surface area contributed by atoms with Crippen molar-refractivity contribution in [2.45, 2.75) is 6.42 Å². The lowest BCUT2D eigenvalue weighted by Crippen LogP contribution is -2.35. The van der Waals surface area contributed by atoms with E-state index in [1.165, 1.54) is 13.2 Å². The number of rotatable bonds is 9. The first-order valence-corrected chi connectivity index (χ1v) is 7.33. The highest BCUT2D eigenvalue weighted by Gasteiger charge is 2.20. The Kier molecular flexibility index (Phi) is 8.01. The van der Waals surface area contributed by atoms with Gasteiger partial charge >= 0.3 is 0 Å². The molecule has 0 heterocycles. The zero-order valence-electron chi connectivity index (χ0n) is 13.2. The van der Waals surface area contributed by atoms with E-state index < -0.39 is 0 Å². The highest BCUT2D eigenvalue weighted by atomic mass is 35.5. The maximum absolute atomic E-state index is 12.7. The first-order chi connectivity index (χ1) is 10.5. The van der Waals surface area contributed by atoms with Crippen molar-refractivity contribution in [1.82, 2.24) is 4.90 Å². The molecule has 1 aromatic rings. The van der Waals surface area contributed by atoms with Gasteiger partial charge in [-0.25, -0.2) is 0 Å². The van der Waals surface area contributed by atoms with Gasteiger partial charge in [-0.2, -0.15) is 0 Å². The molecule has 0 aliphatic heterocycles. The monoisotopic (exact) mass is 330 g/mol. The van der Waals surface area contributed by atoms with Crippen molar-refractivity contribution in [2.75, 3.05) is 53.4 Å². The summed E-state index contributed by atoms with van der Waals surface area (Å²) < 4.78 is 15.3. The van der Waals surface area contributed by atoms with Crippen LogP contribution in [-0.2, 0) is 9.47 Å². The van der Waals surface area contributed by atoms with Crippen LogP contribution in [-0.4, -0.2) is 58.4 Å². The number of hydrogen-bond donors (Lipinski definition) is 1. The molecule has 0 atom stereocenters. The van der Waals surface area contributed by atoms with Gasteiger partial charge in [-0.05, 0) is 12.5 Å². The minimum atomic E-state index is -0.174. The van der Waals surface area contributed by atoms with E-state index in [9.17, 15) is 4.79 Å². The number of carbonyl (C=O) groups excluding carboxylic acids is 1. The molecule has 6 nitrogen and oxygen atoms in total. The number of hydrogen-bond acceptors (Lipinski definition) is 5. The lowest BCUT2D eigenvalue weighted by Gasteiger charge is -2.23. The van der Waals surface area contributed by atoms with Crippen LogP contribution in [0.15, 0.2) is 12.1 Å². The highest BCUT2D eigenvalue weighted by Crippen LogP contribution is 2.29. The van der Waals surface area contributed by atoms with Crippen molar-refractivity contribution in [1.29, 1.82) is 0 Å². The average molecular weight is 331 g/mol. The van der Waals surface area contributed by atoms with Crippen LogP contribution >= 0.6 is 11.6 Å². The van der Waals surface area contributed by atoms with Crippen LogP contribution in [0.5, 0.6) is 5.75 Å². The Bertz CT molecular complexity index is 497. The van der Waals surface area contributed by atoms with E-state index in [0.29, 0.717) is 48.3 Å². The van der Waals surface area contributed by atoms with Gasteiger partial charge in [0, 0.05) is 40.0 Å². The molecule has 22 heavy (non-hydrogen) atoms.